The molecule has 180 valence electrons. The van der Waals surface area contributed by atoms with Crippen molar-refractivity contribution in [3.63, 3.8) is 0 Å². The van der Waals surface area contributed by atoms with Crippen molar-refractivity contribution < 1.29 is 29.4 Å². The summed E-state index contributed by atoms with van der Waals surface area (Å²) < 4.78 is 0. The molecule has 0 spiro atoms. The van der Waals surface area contributed by atoms with Gasteiger partial charge in [-0.25, -0.2) is 0 Å². The number of rotatable bonds is 15. The van der Waals surface area contributed by atoms with E-state index in [9.17, 15) is 29.4 Å². The number of carbonyl (C=O) groups excluding carboxylic acids is 4. The second-order valence-corrected chi connectivity index (χ2v) is 9.06. The molecule has 0 aliphatic rings. The Labute approximate surface area is 184 Å². The van der Waals surface area contributed by atoms with Gasteiger partial charge >= 0.3 is 0 Å². The van der Waals surface area contributed by atoms with Gasteiger partial charge in [0.1, 0.15) is 6.04 Å². The van der Waals surface area contributed by atoms with Crippen molar-refractivity contribution in [3.8, 4) is 0 Å². The lowest BCUT2D eigenvalue weighted by molar-refractivity contribution is -0.133. The summed E-state index contributed by atoms with van der Waals surface area (Å²) in [5.74, 6) is -4.46. The van der Waals surface area contributed by atoms with Crippen LogP contribution in [0.15, 0.2) is 0 Å². The molecule has 0 radical (unpaired) electrons. The number of nitrogens with one attached hydrogen (secondary N) is 2. The minimum absolute atomic E-state index is 0.0163. The molecule has 0 aromatic heterocycles. The lowest BCUT2D eigenvalue weighted by atomic mass is 9.77. The number of primary amides is 2. The Bertz CT molecular complexity index is 611. The van der Waals surface area contributed by atoms with Crippen LogP contribution in [0.4, 0.5) is 0 Å². The molecule has 4 amide bonds. The number of amides is 4. The van der Waals surface area contributed by atoms with Crippen LogP contribution in [0.3, 0.4) is 0 Å². The normalized spacial score (nSPS) is 16.3. The van der Waals surface area contributed by atoms with E-state index in [1.807, 2.05) is 27.7 Å². The van der Waals surface area contributed by atoms with Crippen LogP contribution < -0.4 is 22.1 Å². The molecule has 0 aliphatic carbocycles. The molecular formula is C21H40N4O6. The standard InChI is InChI=1S/C21H40N4O6/c1-11(2)6-14(15(19(23)29)8-18(22)28)17(27)7-13(5)20(30)25-16(10-26)21(31)24-9-12(3)4/h11-17,26-27H,6-10H2,1-5H3,(H2,22,28)(H2,23,29)(H,24,31)(H,25,30). The zero-order chi connectivity index (χ0) is 24.3. The van der Waals surface area contributed by atoms with Gasteiger partial charge in [0.15, 0.2) is 0 Å². The third-order valence-electron chi connectivity index (χ3n) is 5.08. The van der Waals surface area contributed by atoms with Crippen LogP contribution in [-0.2, 0) is 19.2 Å². The Morgan fingerprint density at radius 1 is 0.903 bits per heavy atom. The summed E-state index contributed by atoms with van der Waals surface area (Å²) in [7, 11) is 0. The SMILES string of the molecule is CC(C)CNC(=O)C(CO)NC(=O)C(C)CC(O)C(CC(C)C)C(CC(N)=O)C(N)=O. The van der Waals surface area contributed by atoms with Gasteiger partial charge in [0.25, 0.3) is 0 Å². The highest BCUT2D eigenvalue weighted by Crippen LogP contribution is 2.30. The topological polar surface area (TPSA) is 185 Å². The van der Waals surface area contributed by atoms with Gasteiger partial charge in [-0.2, -0.15) is 0 Å². The van der Waals surface area contributed by atoms with Gasteiger partial charge in [-0.05, 0) is 30.6 Å². The molecule has 5 atom stereocenters. The first-order valence-corrected chi connectivity index (χ1v) is 10.7. The number of nitrogens with two attached hydrogens (primary N) is 2. The van der Waals surface area contributed by atoms with Crippen molar-refractivity contribution in [2.45, 2.75) is 66.0 Å². The lowest BCUT2D eigenvalue weighted by Crippen LogP contribution is -2.51. The van der Waals surface area contributed by atoms with E-state index in [-0.39, 0.29) is 24.7 Å². The van der Waals surface area contributed by atoms with E-state index in [1.165, 1.54) is 0 Å². The Morgan fingerprint density at radius 2 is 1.48 bits per heavy atom. The van der Waals surface area contributed by atoms with E-state index in [2.05, 4.69) is 10.6 Å². The molecule has 0 aliphatic heterocycles. The average Bonchev–Trinajstić information content (AvgIpc) is 2.65. The quantitative estimate of drug-likeness (QED) is 0.193. The lowest BCUT2D eigenvalue weighted by Gasteiger charge is -2.31. The molecule has 0 aromatic rings. The molecule has 5 unspecified atom stereocenters. The van der Waals surface area contributed by atoms with Crippen LogP contribution in [0.1, 0.15) is 53.9 Å². The first-order valence-electron chi connectivity index (χ1n) is 10.7. The predicted octanol–water partition coefficient (Wildman–Crippen LogP) is -0.738. The average molecular weight is 445 g/mol. The van der Waals surface area contributed by atoms with Crippen molar-refractivity contribution in [1.82, 2.24) is 10.6 Å². The van der Waals surface area contributed by atoms with Crippen LogP contribution >= 0.6 is 0 Å². The van der Waals surface area contributed by atoms with Crippen molar-refractivity contribution >= 4 is 23.6 Å². The third-order valence-corrected chi connectivity index (χ3v) is 5.08. The number of hydrogen-bond donors (Lipinski definition) is 6. The maximum absolute atomic E-state index is 12.5. The van der Waals surface area contributed by atoms with Crippen molar-refractivity contribution in [2.24, 2.45) is 41.1 Å². The molecular weight excluding hydrogens is 404 g/mol. The van der Waals surface area contributed by atoms with E-state index in [4.69, 9.17) is 11.5 Å². The monoisotopic (exact) mass is 444 g/mol. The van der Waals surface area contributed by atoms with E-state index < -0.39 is 60.1 Å². The summed E-state index contributed by atoms with van der Waals surface area (Å²) in [5, 5.41) is 25.4. The zero-order valence-electron chi connectivity index (χ0n) is 19.3. The fourth-order valence-electron chi connectivity index (χ4n) is 3.39. The second-order valence-electron chi connectivity index (χ2n) is 9.06. The van der Waals surface area contributed by atoms with Crippen LogP contribution in [0.25, 0.3) is 0 Å². The molecule has 0 aromatic carbocycles. The Hall–Kier alpha value is -2.20. The number of aliphatic hydroxyl groups excluding tert-OH is 2. The highest BCUT2D eigenvalue weighted by molar-refractivity contribution is 5.88. The summed E-state index contributed by atoms with van der Waals surface area (Å²) in [6.07, 6.45) is -0.986. The van der Waals surface area contributed by atoms with Gasteiger partial charge in [0.05, 0.1) is 18.6 Å². The molecule has 0 saturated carbocycles. The largest absolute Gasteiger partial charge is 0.394 e. The molecule has 0 rings (SSSR count). The van der Waals surface area contributed by atoms with Gasteiger partial charge in [0.2, 0.25) is 23.6 Å². The fourth-order valence-corrected chi connectivity index (χ4v) is 3.39. The van der Waals surface area contributed by atoms with Gasteiger partial charge in [-0.3, -0.25) is 19.2 Å². The molecule has 8 N–H and O–H groups in total. The summed E-state index contributed by atoms with van der Waals surface area (Å²) >= 11 is 0. The minimum Gasteiger partial charge on any atom is -0.394 e. The van der Waals surface area contributed by atoms with Gasteiger partial charge in [0, 0.05) is 18.9 Å². The molecule has 10 nitrogen and oxygen atoms in total. The molecule has 31 heavy (non-hydrogen) atoms. The summed E-state index contributed by atoms with van der Waals surface area (Å²) in [5.41, 5.74) is 10.7. The summed E-state index contributed by atoms with van der Waals surface area (Å²) in [6.45, 7) is 9.05. The third kappa shape index (κ3) is 11.1. The van der Waals surface area contributed by atoms with Gasteiger partial charge < -0.3 is 32.3 Å². The Balaban J connectivity index is 5.20. The molecule has 0 heterocycles. The maximum Gasteiger partial charge on any atom is 0.244 e. The van der Waals surface area contributed by atoms with E-state index >= 15 is 0 Å². The Morgan fingerprint density at radius 3 is 1.90 bits per heavy atom. The maximum atomic E-state index is 12.5. The van der Waals surface area contributed by atoms with Gasteiger partial charge in [-0.1, -0.05) is 34.6 Å². The van der Waals surface area contributed by atoms with Crippen LogP contribution in [0.2, 0.25) is 0 Å². The highest BCUT2D eigenvalue weighted by atomic mass is 16.3. The summed E-state index contributed by atoms with van der Waals surface area (Å²) in [6, 6.07) is -1.11. The summed E-state index contributed by atoms with van der Waals surface area (Å²) in [4.78, 5) is 47.9. The fraction of sp³-hybridized carbons (Fsp3) is 0.810. The number of aliphatic hydroxyl groups is 2. The second kappa shape index (κ2) is 14.0. The molecule has 10 heteroatoms. The predicted molar refractivity (Wildman–Crippen MR) is 116 cm³/mol. The van der Waals surface area contributed by atoms with Gasteiger partial charge in [-0.15, -0.1) is 0 Å². The van der Waals surface area contributed by atoms with Crippen molar-refractivity contribution in [1.29, 1.82) is 0 Å². The zero-order valence-corrected chi connectivity index (χ0v) is 19.3. The molecule has 0 fully saturated rings. The van der Waals surface area contributed by atoms with Crippen LogP contribution in [0, 0.1) is 29.6 Å². The van der Waals surface area contributed by atoms with Crippen molar-refractivity contribution in [3.05, 3.63) is 0 Å². The van der Waals surface area contributed by atoms with E-state index in [0.717, 1.165) is 0 Å². The van der Waals surface area contributed by atoms with E-state index in [0.29, 0.717) is 13.0 Å². The smallest absolute Gasteiger partial charge is 0.244 e. The minimum atomic E-state index is -1.11. The highest BCUT2D eigenvalue weighted by Gasteiger charge is 2.35. The molecule has 0 bridgehead atoms. The Kier molecular flexibility index (Phi) is 13.0. The van der Waals surface area contributed by atoms with E-state index in [1.54, 1.807) is 6.92 Å². The first-order chi connectivity index (χ1) is 14.3. The number of hydrogen-bond acceptors (Lipinski definition) is 6. The molecule has 0 saturated heterocycles. The number of carbonyl (C=O) groups is 4. The van der Waals surface area contributed by atoms with Crippen LogP contribution in [0.5, 0.6) is 0 Å². The van der Waals surface area contributed by atoms with Crippen molar-refractivity contribution in [2.75, 3.05) is 13.2 Å². The first kappa shape index (κ1) is 28.8. The van der Waals surface area contributed by atoms with Crippen LogP contribution in [-0.4, -0.2) is 59.1 Å².